The molecule has 2 N–H and O–H groups in total. The predicted octanol–water partition coefficient (Wildman–Crippen LogP) is 2.45. The van der Waals surface area contributed by atoms with Crippen LogP contribution < -0.4 is 5.32 Å². The summed E-state index contributed by atoms with van der Waals surface area (Å²) in [6.07, 6.45) is 0.384. The van der Waals surface area contributed by atoms with Gasteiger partial charge in [-0.15, -0.1) is 0 Å². The molecule has 84 valence electrons. The summed E-state index contributed by atoms with van der Waals surface area (Å²) in [7, 11) is 0. The molecule has 0 amide bonds. The fourth-order valence-electron chi connectivity index (χ4n) is 1.20. The fraction of sp³-hybridized carbons (Fsp3) is 0.455. The standard InChI is InChI=1S/C11H15BrFNO/c1-2-9(15)7-14-6-8-4-3-5-10(13)11(8)12/h3-5,9,14-15H,2,6-7H2,1H3. The Morgan fingerprint density at radius 2 is 2.27 bits per heavy atom. The van der Waals surface area contributed by atoms with Crippen molar-refractivity contribution in [3.63, 3.8) is 0 Å². The second-order valence-electron chi connectivity index (χ2n) is 3.41. The van der Waals surface area contributed by atoms with Crippen molar-refractivity contribution in [2.45, 2.75) is 26.0 Å². The van der Waals surface area contributed by atoms with Gasteiger partial charge < -0.3 is 10.4 Å². The monoisotopic (exact) mass is 275 g/mol. The molecule has 0 fully saturated rings. The molecule has 15 heavy (non-hydrogen) atoms. The Morgan fingerprint density at radius 3 is 2.93 bits per heavy atom. The molecule has 1 aromatic rings. The van der Waals surface area contributed by atoms with Gasteiger partial charge in [0.25, 0.3) is 0 Å². The average molecular weight is 276 g/mol. The molecule has 0 radical (unpaired) electrons. The van der Waals surface area contributed by atoms with Crippen LogP contribution in [0.25, 0.3) is 0 Å². The summed E-state index contributed by atoms with van der Waals surface area (Å²) < 4.78 is 13.6. The van der Waals surface area contributed by atoms with Crippen LogP contribution in [0.5, 0.6) is 0 Å². The summed E-state index contributed by atoms with van der Waals surface area (Å²) >= 11 is 3.19. The summed E-state index contributed by atoms with van der Waals surface area (Å²) in [6.45, 7) is 3.00. The molecule has 0 aliphatic rings. The van der Waals surface area contributed by atoms with E-state index < -0.39 is 0 Å². The molecule has 0 saturated carbocycles. The van der Waals surface area contributed by atoms with Gasteiger partial charge in [0.1, 0.15) is 5.82 Å². The minimum Gasteiger partial charge on any atom is -0.392 e. The Kier molecular flexibility index (Phi) is 5.22. The Balaban J connectivity index is 2.47. The molecule has 0 bridgehead atoms. The van der Waals surface area contributed by atoms with Gasteiger partial charge in [-0.25, -0.2) is 4.39 Å². The molecule has 0 aromatic heterocycles. The van der Waals surface area contributed by atoms with Crippen LogP contribution in [0.15, 0.2) is 22.7 Å². The Labute approximate surface area is 97.6 Å². The van der Waals surface area contributed by atoms with E-state index in [0.717, 1.165) is 12.0 Å². The van der Waals surface area contributed by atoms with Crippen LogP contribution in [0.1, 0.15) is 18.9 Å². The van der Waals surface area contributed by atoms with E-state index in [-0.39, 0.29) is 11.9 Å². The SMILES string of the molecule is CCC(O)CNCc1cccc(F)c1Br. The van der Waals surface area contributed by atoms with Crippen LogP contribution in [0.4, 0.5) is 4.39 Å². The number of benzene rings is 1. The third kappa shape index (κ3) is 3.89. The first-order chi connectivity index (χ1) is 7.15. The van der Waals surface area contributed by atoms with Crippen LogP contribution in [-0.2, 0) is 6.54 Å². The molecule has 0 heterocycles. The first kappa shape index (κ1) is 12.6. The largest absolute Gasteiger partial charge is 0.392 e. The Hall–Kier alpha value is -0.450. The number of hydrogen-bond acceptors (Lipinski definition) is 2. The molecule has 0 spiro atoms. The number of rotatable bonds is 5. The summed E-state index contributed by atoms with van der Waals surface area (Å²) in [5.41, 5.74) is 0.860. The molecule has 2 nitrogen and oxygen atoms in total. The lowest BCUT2D eigenvalue weighted by molar-refractivity contribution is 0.167. The van der Waals surface area contributed by atoms with Gasteiger partial charge in [-0.3, -0.25) is 0 Å². The molecule has 1 aromatic carbocycles. The first-order valence-corrected chi connectivity index (χ1v) is 5.76. The lowest BCUT2D eigenvalue weighted by atomic mass is 10.2. The van der Waals surface area contributed by atoms with Crippen LogP contribution in [-0.4, -0.2) is 17.8 Å². The zero-order valence-corrected chi connectivity index (χ0v) is 10.2. The van der Waals surface area contributed by atoms with Gasteiger partial charge in [0.05, 0.1) is 10.6 Å². The lowest BCUT2D eigenvalue weighted by Gasteiger charge is -2.10. The normalized spacial score (nSPS) is 12.8. The van der Waals surface area contributed by atoms with Gasteiger partial charge in [-0.2, -0.15) is 0 Å². The van der Waals surface area contributed by atoms with Crippen molar-refractivity contribution in [1.82, 2.24) is 5.32 Å². The van der Waals surface area contributed by atoms with Crippen LogP contribution in [0.3, 0.4) is 0 Å². The molecule has 0 aliphatic heterocycles. The van der Waals surface area contributed by atoms with Gasteiger partial charge in [0, 0.05) is 13.1 Å². The molecule has 4 heteroatoms. The highest BCUT2D eigenvalue weighted by Gasteiger charge is 2.05. The first-order valence-electron chi connectivity index (χ1n) is 4.96. The molecular formula is C11H15BrFNO. The zero-order valence-electron chi connectivity index (χ0n) is 8.63. The smallest absolute Gasteiger partial charge is 0.137 e. The molecule has 1 atom stereocenters. The van der Waals surface area contributed by atoms with Gasteiger partial charge in [-0.05, 0) is 34.0 Å². The van der Waals surface area contributed by atoms with Gasteiger partial charge in [-0.1, -0.05) is 19.1 Å². The minimum atomic E-state index is -0.336. The zero-order chi connectivity index (χ0) is 11.3. The minimum absolute atomic E-state index is 0.259. The highest BCUT2D eigenvalue weighted by atomic mass is 79.9. The fourth-order valence-corrected chi connectivity index (χ4v) is 1.61. The highest BCUT2D eigenvalue weighted by Crippen LogP contribution is 2.19. The van der Waals surface area contributed by atoms with Crippen molar-refractivity contribution >= 4 is 15.9 Å². The number of nitrogens with one attached hydrogen (secondary N) is 1. The van der Waals surface area contributed by atoms with E-state index >= 15 is 0 Å². The summed E-state index contributed by atoms with van der Waals surface area (Å²) in [5, 5.41) is 12.4. The van der Waals surface area contributed by atoms with Crippen molar-refractivity contribution in [3.05, 3.63) is 34.1 Å². The van der Waals surface area contributed by atoms with E-state index in [1.165, 1.54) is 6.07 Å². The third-order valence-electron chi connectivity index (χ3n) is 2.20. The quantitative estimate of drug-likeness (QED) is 0.865. The van der Waals surface area contributed by atoms with Crippen molar-refractivity contribution in [3.8, 4) is 0 Å². The van der Waals surface area contributed by atoms with E-state index in [1.54, 1.807) is 6.07 Å². The maximum Gasteiger partial charge on any atom is 0.137 e. The lowest BCUT2D eigenvalue weighted by Crippen LogP contribution is -2.25. The number of aliphatic hydroxyl groups excluding tert-OH is 1. The predicted molar refractivity (Wildman–Crippen MR) is 62.1 cm³/mol. The number of halogens is 2. The molecular weight excluding hydrogens is 261 g/mol. The topological polar surface area (TPSA) is 32.3 Å². The van der Waals surface area contributed by atoms with Crippen LogP contribution in [0.2, 0.25) is 0 Å². The van der Waals surface area contributed by atoms with E-state index in [4.69, 9.17) is 0 Å². The van der Waals surface area contributed by atoms with Gasteiger partial charge >= 0.3 is 0 Å². The second-order valence-corrected chi connectivity index (χ2v) is 4.20. The van der Waals surface area contributed by atoms with Crippen molar-refractivity contribution in [1.29, 1.82) is 0 Å². The van der Waals surface area contributed by atoms with Crippen molar-refractivity contribution < 1.29 is 9.50 Å². The summed E-state index contributed by atoms with van der Waals surface area (Å²) in [6, 6.07) is 4.93. The van der Waals surface area contributed by atoms with Crippen LogP contribution in [0, 0.1) is 5.82 Å². The van der Waals surface area contributed by atoms with E-state index in [2.05, 4.69) is 21.2 Å². The summed E-state index contributed by atoms with van der Waals surface area (Å²) in [5.74, 6) is -0.259. The third-order valence-corrected chi connectivity index (χ3v) is 3.09. The Bertz CT molecular complexity index is 319. The van der Waals surface area contributed by atoms with E-state index in [0.29, 0.717) is 17.6 Å². The van der Waals surface area contributed by atoms with E-state index in [9.17, 15) is 9.50 Å². The highest BCUT2D eigenvalue weighted by molar-refractivity contribution is 9.10. The molecule has 1 rings (SSSR count). The molecule has 0 aliphatic carbocycles. The Morgan fingerprint density at radius 1 is 1.53 bits per heavy atom. The number of aliphatic hydroxyl groups is 1. The van der Waals surface area contributed by atoms with Crippen LogP contribution >= 0.6 is 15.9 Å². The van der Waals surface area contributed by atoms with Gasteiger partial charge in [0.15, 0.2) is 0 Å². The maximum absolute atomic E-state index is 13.1. The molecule has 1 unspecified atom stereocenters. The van der Waals surface area contributed by atoms with Crippen molar-refractivity contribution in [2.24, 2.45) is 0 Å². The summed E-state index contributed by atoms with van der Waals surface area (Å²) in [4.78, 5) is 0. The van der Waals surface area contributed by atoms with Gasteiger partial charge in [0.2, 0.25) is 0 Å². The average Bonchev–Trinajstić information content (AvgIpc) is 2.24. The molecule has 0 saturated heterocycles. The maximum atomic E-state index is 13.1. The van der Waals surface area contributed by atoms with Crippen molar-refractivity contribution in [2.75, 3.05) is 6.54 Å². The number of hydrogen-bond donors (Lipinski definition) is 2. The second kappa shape index (κ2) is 6.20. The van der Waals surface area contributed by atoms with E-state index in [1.807, 2.05) is 13.0 Å².